The zero-order valence-electron chi connectivity index (χ0n) is 28.9. The van der Waals surface area contributed by atoms with E-state index in [1.165, 1.54) is 69.0 Å². The Morgan fingerprint density at radius 1 is 0.404 bits per heavy atom. The maximum absolute atomic E-state index is 3.36. The van der Waals surface area contributed by atoms with E-state index in [9.17, 15) is 0 Å². The van der Waals surface area contributed by atoms with Gasteiger partial charge in [-0.15, -0.1) is 29.3 Å². The molecule has 0 bridgehead atoms. The normalized spacial score (nSPS) is 10.9. The standard InChI is InChI=1S/C46H31NS2.C3H6/c1-3-11-32(12-4-1)43-27-29-45(48-43)34-19-23-37(24-20-34)47(42-31-36-15-7-8-16-39(36)40-17-9-10-18-41(40)42)38-25-21-35(22-26-38)46-30-28-44(49-46)33-13-5-2-6-14-33;1-3-2/h1-31H;3H,1H2,2H3. The van der Waals surface area contributed by atoms with Crippen molar-refractivity contribution in [2.75, 3.05) is 4.90 Å². The number of rotatable bonds is 7. The number of hydrogen-bond donors (Lipinski definition) is 0. The number of anilines is 3. The van der Waals surface area contributed by atoms with Gasteiger partial charge in [0.1, 0.15) is 0 Å². The van der Waals surface area contributed by atoms with Crippen LogP contribution in [0.3, 0.4) is 0 Å². The van der Waals surface area contributed by atoms with Crippen molar-refractivity contribution < 1.29 is 0 Å². The highest BCUT2D eigenvalue weighted by Gasteiger charge is 2.18. The second-order valence-electron chi connectivity index (χ2n) is 12.6. The molecule has 250 valence electrons. The zero-order chi connectivity index (χ0) is 35.3. The van der Waals surface area contributed by atoms with E-state index in [-0.39, 0.29) is 0 Å². The number of benzene rings is 7. The molecule has 0 fully saturated rings. The first-order chi connectivity index (χ1) is 25.7. The lowest BCUT2D eigenvalue weighted by molar-refractivity contribution is 1.30. The average Bonchev–Trinajstić information content (AvgIpc) is 3.92. The molecule has 0 aliphatic heterocycles. The fourth-order valence-electron chi connectivity index (χ4n) is 6.70. The molecule has 0 amide bonds. The number of fused-ring (bicyclic) bond motifs is 3. The summed E-state index contributed by atoms with van der Waals surface area (Å²) in [5.41, 5.74) is 8.38. The summed E-state index contributed by atoms with van der Waals surface area (Å²) >= 11 is 3.67. The Hall–Kier alpha value is -6.00. The molecule has 2 aromatic heterocycles. The first-order valence-corrected chi connectivity index (χ1v) is 19.1. The molecule has 0 aliphatic carbocycles. The minimum atomic E-state index is 1.12. The smallest absolute Gasteiger partial charge is 0.0546 e. The highest BCUT2D eigenvalue weighted by Crippen LogP contribution is 2.44. The van der Waals surface area contributed by atoms with Gasteiger partial charge < -0.3 is 4.90 Å². The van der Waals surface area contributed by atoms with E-state index in [0.717, 1.165) is 11.4 Å². The van der Waals surface area contributed by atoms with Crippen LogP contribution in [0.4, 0.5) is 17.1 Å². The van der Waals surface area contributed by atoms with E-state index in [0.29, 0.717) is 0 Å². The van der Waals surface area contributed by atoms with Crippen molar-refractivity contribution >= 4 is 61.3 Å². The van der Waals surface area contributed by atoms with Gasteiger partial charge >= 0.3 is 0 Å². The molecule has 0 radical (unpaired) electrons. The monoisotopic (exact) mass is 703 g/mol. The van der Waals surface area contributed by atoms with Gasteiger partial charge in [-0.1, -0.05) is 140 Å². The molecule has 52 heavy (non-hydrogen) atoms. The first-order valence-electron chi connectivity index (χ1n) is 17.5. The van der Waals surface area contributed by atoms with Gasteiger partial charge in [-0.25, -0.2) is 0 Å². The lowest BCUT2D eigenvalue weighted by Crippen LogP contribution is -2.10. The fourth-order valence-corrected chi connectivity index (χ4v) is 8.73. The maximum Gasteiger partial charge on any atom is 0.0546 e. The summed E-state index contributed by atoms with van der Waals surface area (Å²) in [6, 6.07) is 68.1. The van der Waals surface area contributed by atoms with Gasteiger partial charge in [0.15, 0.2) is 0 Å². The van der Waals surface area contributed by atoms with Gasteiger partial charge in [-0.2, -0.15) is 0 Å². The van der Waals surface area contributed by atoms with Crippen LogP contribution in [0.15, 0.2) is 201 Å². The minimum Gasteiger partial charge on any atom is -0.310 e. The number of allylic oxidation sites excluding steroid dienone is 1. The first kappa shape index (κ1) is 33.2. The van der Waals surface area contributed by atoms with Gasteiger partial charge in [0, 0.05) is 36.3 Å². The summed E-state index contributed by atoms with van der Waals surface area (Å²) in [5, 5.41) is 4.98. The summed E-state index contributed by atoms with van der Waals surface area (Å²) in [6.45, 7) is 5.25. The molecule has 0 saturated carbocycles. The lowest BCUT2D eigenvalue weighted by atomic mass is 9.99. The third-order valence-electron chi connectivity index (χ3n) is 9.14. The lowest BCUT2D eigenvalue weighted by Gasteiger charge is -2.28. The topological polar surface area (TPSA) is 3.24 Å². The van der Waals surface area contributed by atoms with Crippen LogP contribution in [-0.2, 0) is 0 Å². The van der Waals surface area contributed by atoms with Gasteiger partial charge in [0.2, 0.25) is 0 Å². The van der Waals surface area contributed by atoms with Crippen molar-refractivity contribution in [3.05, 3.63) is 201 Å². The highest BCUT2D eigenvalue weighted by molar-refractivity contribution is 7.19. The molecule has 7 aromatic carbocycles. The fraction of sp³-hybridized carbons (Fsp3) is 0.0204. The molecule has 9 aromatic rings. The van der Waals surface area contributed by atoms with Gasteiger partial charge in [0.25, 0.3) is 0 Å². The van der Waals surface area contributed by atoms with Crippen LogP contribution in [0, 0.1) is 0 Å². The summed E-state index contributed by atoms with van der Waals surface area (Å²) in [7, 11) is 0. The molecular formula is C49H37NS2. The Morgan fingerprint density at radius 3 is 1.23 bits per heavy atom. The molecule has 1 nitrogen and oxygen atoms in total. The third kappa shape index (κ3) is 6.72. The molecule has 0 saturated heterocycles. The Balaban J connectivity index is 0.00000125. The van der Waals surface area contributed by atoms with Crippen LogP contribution in [0.2, 0.25) is 0 Å². The predicted molar refractivity (Wildman–Crippen MR) is 230 cm³/mol. The molecule has 0 N–H and O–H groups in total. The Labute approximate surface area is 314 Å². The van der Waals surface area contributed by atoms with Crippen molar-refractivity contribution in [3.8, 4) is 41.8 Å². The van der Waals surface area contributed by atoms with Crippen LogP contribution >= 0.6 is 22.7 Å². The number of hydrogen-bond acceptors (Lipinski definition) is 3. The quantitative estimate of drug-likeness (QED) is 0.118. The second kappa shape index (κ2) is 15.1. The average molecular weight is 704 g/mol. The van der Waals surface area contributed by atoms with Crippen LogP contribution in [-0.4, -0.2) is 0 Å². The highest BCUT2D eigenvalue weighted by atomic mass is 32.1. The van der Waals surface area contributed by atoms with Gasteiger partial charge in [-0.05, 0) is 99.9 Å². The minimum absolute atomic E-state index is 1.12. The molecule has 0 atom stereocenters. The summed E-state index contributed by atoms with van der Waals surface area (Å²) in [4.78, 5) is 7.51. The molecule has 9 rings (SSSR count). The predicted octanol–water partition coefficient (Wildman–Crippen LogP) is 15.4. The zero-order valence-corrected chi connectivity index (χ0v) is 30.6. The third-order valence-corrected chi connectivity index (χ3v) is 11.5. The molecular weight excluding hydrogens is 667 g/mol. The summed E-state index contributed by atoms with van der Waals surface area (Å²) < 4.78 is 0. The molecule has 0 unspecified atom stereocenters. The van der Waals surface area contributed by atoms with E-state index in [4.69, 9.17) is 0 Å². The van der Waals surface area contributed by atoms with Crippen LogP contribution in [0.1, 0.15) is 6.92 Å². The number of thiophene rings is 2. The van der Waals surface area contributed by atoms with Crippen molar-refractivity contribution in [2.24, 2.45) is 0 Å². The van der Waals surface area contributed by atoms with Gasteiger partial charge in [0.05, 0.1) is 5.69 Å². The SMILES string of the molecule is C=CC.c1ccc(-c2ccc(-c3ccc(N(c4ccc(-c5ccc(-c6ccccc6)s5)cc4)c4cc5ccccc5c5ccccc45)cc3)s2)cc1. The number of nitrogens with zero attached hydrogens (tertiary/aromatic N) is 1. The Morgan fingerprint density at radius 2 is 0.769 bits per heavy atom. The van der Waals surface area contributed by atoms with Crippen molar-refractivity contribution in [2.45, 2.75) is 6.92 Å². The maximum atomic E-state index is 3.36. The van der Waals surface area contributed by atoms with Crippen LogP contribution in [0.25, 0.3) is 63.3 Å². The van der Waals surface area contributed by atoms with E-state index in [1.807, 2.05) is 29.6 Å². The van der Waals surface area contributed by atoms with Crippen LogP contribution < -0.4 is 4.90 Å². The largest absolute Gasteiger partial charge is 0.310 e. The van der Waals surface area contributed by atoms with Crippen molar-refractivity contribution in [1.29, 1.82) is 0 Å². The van der Waals surface area contributed by atoms with Crippen LogP contribution in [0.5, 0.6) is 0 Å². The summed E-state index contributed by atoms with van der Waals surface area (Å²) in [6.07, 6.45) is 1.75. The second-order valence-corrected chi connectivity index (χ2v) is 14.7. The summed E-state index contributed by atoms with van der Waals surface area (Å²) in [5.74, 6) is 0. The van der Waals surface area contributed by atoms with E-state index in [2.05, 4.69) is 200 Å². The molecule has 2 heterocycles. The van der Waals surface area contributed by atoms with E-state index >= 15 is 0 Å². The van der Waals surface area contributed by atoms with Gasteiger partial charge in [-0.3, -0.25) is 0 Å². The Bertz CT molecular complexity index is 2460. The molecule has 0 spiro atoms. The van der Waals surface area contributed by atoms with Crippen molar-refractivity contribution in [1.82, 2.24) is 0 Å². The Kier molecular flexibility index (Phi) is 9.62. The van der Waals surface area contributed by atoms with E-state index in [1.54, 1.807) is 6.08 Å². The van der Waals surface area contributed by atoms with E-state index < -0.39 is 0 Å². The van der Waals surface area contributed by atoms with Crippen molar-refractivity contribution in [3.63, 3.8) is 0 Å². The molecule has 0 aliphatic rings. The molecule has 3 heteroatoms.